The van der Waals surface area contributed by atoms with Crippen molar-refractivity contribution in [3.63, 3.8) is 0 Å². The van der Waals surface area contributed by atoms with Gasteiger partial charge in [0, 0.05) is 23.6 Å². The molecule has 0 fully saturated rings. The first-order valence-corrected chi connectivity index (χ1v) is 8.87. The lowest BCUT2D eigenvalue weighted by Crippen LogP contribution is -2.07. The van der Waals surface area contributed by atoms with Gasteiger partial charge in [0.25, 0.3) is 9.05 Å². The number of halogens is 1. The van der Waals surface area contributed by atoms with Crippen LogP contribution < -0.4 is 4.74 Å². The topological polar surface area (TPSA) is 61.2 Å². The summed E-state index contributed by atoms with van der Waals surface area (Å²) in [7, 11) is 1.66. The molecule has 5 nitrogen and oxygen atoms in total. The van der Waals surface area contributed by atoms with E-state index in [0.29, 0.717) is 24.5 Å². The summed E-state index contributed by atoms with van der Waals surface area (Å²) in [4.78, 5) is 0.105. The summed E-state index contributed by atoms with van der Waals surface area (Å²) >= 11 is 0. The van der Waals surface area contributed by atoms with Gasteiger partial charge in [-0.2, -0.15) is 5.10 Å². The molecule has 21 heavy (non-hydrogen) atoms. The van der Waals surface area contributed by atoms with E-state index in [9.17, 15) is 8.42 Å². The van der Waals surface area contributed by atoms with E-state index in [0.717, 1.165) is 12.2 Å². The molecule has 1 heterocycles. The van der Waals surface area contributed by atoms with Crippen LogP contribution in [0, 0.1) is 13.8 Å². The SMILES string of the molecule is Cc1nn(CCCOc2ccccc2)c(C)c1S(=O)(=O)Cl. The van der Waals surface area contributed by atoms with E-state index in [1.165, 1.54) is 0 Å². The fourth-order valence-electron chi connectivity index (χ4n) is 2.17. The van der Waals surface area contributed by atoms with Crippen molar-refractivity contribution >= 4 is 19.7 Å². The van der Waals surface area contributed by atoms with Gasteiger partial charge in [-0.15, -0.1) is 0 Å². The lowest BCUT2D eigenvalue weighted by Gasteiger charge is -2.07. The first kappa shape index (κ1) is 15.9. The molecule has 0 aliphatic rings. The minimum atomic E-state index is -3.76. The van der Waals surface area contributed by atoms with Crippen LogP contribution in [-0.2, 0) is 15.6 Å². The molecule has 114 valence electrons. The average molecular weight is 329 g/mol. The molecule has 2 rings (SSSR count). The monoisotopic (exact) mass is 328 g/mol. The van der Waals surface area contributed by atoms with Crippen molar-refractivity contribution in [2.75, 3.05) is 6.61 Å². The summed E-state index contributed by atoms with van der Waals surface area (Å²) in [5.41, 5.74) is 0.980. The highest BCUT2D eigenvalue weighted by Crippen LogP contribution is 2.23. The van der Waals surface area contributed by atoms with E-state index in [1.54, 1.807) is 18.5 Å². The fourth-order valence-corrected chi connectivity index (χ4v) is 3.69. The van der Waals surface area contributed by atoms with Gasteiger partial charge in [-0.05, 0) is 26.0 Å². The van der Waals surface area contributed by atoms with Crippen molar-refractivity contribution in [1.82, 2.24) is 9.78 Å². The van der Waals surface area contributed by atoms with Crippen molar-refractivity contribution < 1.29 is 13.2 Å². The molecule has 1 aromatic carbocycles. The second-order valence-corrected chi connectivity index (χ2v) is 7.18. The number of hydrogen-bond donors (Lipinski definition) is 0. The number of hydrogen-bond acceptors (Lipinski definition) is 4. The Morgan fingerprint density at radius 3 is 2.48 bits per heavy atom. The lowest BCUT2D eigenvalue weighted by atomic mass is 10.3. The number of rotatable bonds is 6. The van der Waals surface area contributed by atoms with Crippen molar-refractivity contribution in [2.45, 2.75) is 31.7 Å². The first-order chi connectivity index (χ1) is 9.89. The standard InChI is InChI=1S/C14H17ClN2O3S/c1-11-14(21(15,18)19)12(2)17(16-11)9-6-10-20-13-7-4-3-5-8-13/h3-5,7-8H,6,9-10H2,1-2H3. The Morgan fingerprint density at radius 1 is 1.24 bits per heavy atom. The zero-order valence-electron chi connectivity index (χ0n) is 11.9. The molecule has 0 aliphatic carbocycles. The highest BCUT2D eigenvalue weighted by Gasteiger charge is 2.22. The van der Waals surface area contributed by atoms with Gasteiger partial charge in [0.05, 0.1) is 18.0 Å². The summed E-state index contributed by atoms with van der Waals surface area (Å²) in [5, 5.41) is 4.22. The molecule has 0 radical (unpaired) electrons. The quantitative estimate of drug-likeness (QED) is 0.604. The van der Waals surface area contributed by atoms with Crippen molar-refractivity contribution in [3.8, 4) is 5.75 Å². The van der Waals surface area contributed by atoms with Gasteiger partial charge in [0.2, 0.25) is 0 Å². The average Bonchev–Trinajstić information content (AvgIpc) is 2.70. The largest absolute Gasteiger partial charge is 0.494 e. The Hall–Kier alpha value is -1.53. The highest BCUT2D eigenvalue weighted by molar-refractivity contribution is 8.13. The summed E-state index contributed by atoms with van der Waals surface area (Å²) in [6.45, 7) is 4.45. The van der Waals surface area contributed by atoms with Gasteiger partial charge in [0.15, 0.2) is 0 Å². The Bertz CT molecular complexity index is 711. The van der Waals surface area contributed by atoms with Gasteiger partial charge < -0.3 is 4.74 Å². The zero-order valence-corrected chi connectivity index (χ0v) is 13.5. The van der Waals surface area contributed by atoms with Gasteiger partial charge in [0.1, 0.15) is 10.6 Å². The Labute approximate surface area is 128 Å². The predicted octanol–water partition coefficient (Wildman–Crippen LogP) is 2.90. The zero-order chi connectivity index (χ0) is 15.5. The first-order valence-electron chi connectivity index (χ1n) is 6.56. The van der Waals surface area contributed by atoms with E-state index >= 15 is 0 Å². The van der Waals surface area contributed by atoms with Crippen LogP contribution in [-0.4, -0.2) is 24.8 Å². The Balaban J connectivity index is 1.96. The maximum absolute atomic E-state index is 11.5. The van der Waals surface area contributed by atoms with E-state index in [2.05, 4.69) is 5.10 Å². The van der Waals surface area contributed by atoms with Crippen LogP contribution >= 0.6 is 10.7 Å². The molecule has 7 heteroatoms. The summed E-state index contributed by atoms with van der Waals surface area (Å²) < 4.78 is 30.2. The third kappa shape index (κ3) is 3.98. The molecular formula is C14H17ClN2O3S. The smallest absolute Gasteiger partial charge is 0.264 e. The summed E-state index contributed by atoms with van der Waals surface area (Å²) in [5.74, 6) is 0.815. The molecule has 0 aliphatic heterocycles. The maximum atomic E-state index is 11.5. The van der Waals surface area contributed by atoms with Gasteiger partial charge >= 0.3 is 0 Å². The molecule has 0 bridgehead atoms. The summed E-state index contributed by atoms with van der Waals surface area (Å²) in [6.07, 6.45) is 0.721. The number of benzene rings is 1. The van der Waals surface area contributed by atoms with Crippen LogP contribution in [0.25, 0.3) is 0 Å². The Morgan fingerprint density at radius 2 is 1.90 bits per heavy atom. The Kier molecular flexibility index (Phi) is 4.90. The van der Waals surface area contributed by atoms with Crippen LogP contribution in [0.3, 0.4) is 0 Å². The van der Waals surface area contributed by atoms with Gasteiger partial charge in [-0.3, -0.25) is 4.68 Å². The minimum absolute atomic E-state index is 0.105. The third-order valence-corrected chi connectivity index (χ3v) is 4.63. The van der Waals surface area contributed by atoms with E-state index in [-0.39, 0.29) is 4.90 Å². The molecule has 0 spiro atoms. The van der Waals surface area contributed by atoms with Crippen molar-refractivity contribution in [1.29, 1.82) is 0 Å². The predicted molar refractivity (Wildman–Crippen MR) is 81.3 cm³/mol. The second kappa shape index (κ2) is 6.49. The number of aryl methyl sites for hydroxylation is 2. The lowest BCUT2D eigenvalue weighted by molar-refractivity contribution is 0.298. The molecule has 0 atom stereocenters. The fraction of sp³-hybridized carbons (Fsp3) is 0.357. The van der Waals surface area contributed by atoms with Crippen LogP contribution in [0.1, 0.15) is 17.8 Å². The number of nitrogens with zero attached hydrogens (tertiary/aromatic N) is 2. The molecule has 0 N–H and O–H groups in total. The molecule has 0 amide bonds. The number of para-hydroxylation sites is 1. The molecular weight excluding hydrogens is 312 g/mol. The molecule has 0 saturated heterocycles. The van der Waals surface area contributed by atoms with Crippen LogP contribution in [0.15, 0.2) is 35.2 Å². The van der Waals surface area contributed by atoms with Crippen LogP contribution in [0.2, 0.25) is 0 Å². The molecule has 0 saturated carbocycles. The van der Waals surface area contributed by atoms with Gasteiger partial charge in [-0.25, -0.2) is 8.42 Å². The maximum Gasteiger partial charge on any atom is 0.264 e. The van der Waals surface area contributed by atoms with E-state index in [4.69, 9.17) is 15.4 Å². The minimum Gasteiger partial charge on any atom is -0.494 e. The third-order valence-electron chi connectivity index (χ3n) is 3.09. The highest BCUT2D eigenvalue weighted by atomic mass is 35.7. The van der Waals surface area contributed by atoms with Crippen LogP contribution in [0.4, 0.5) is 0 Å². The van der Waals surface area contributed by atoms with E-state index < -0.39 is 9.05 Å². The van der Waals surface area contributed by atoms with Gasteiger partial charge in [-0.1, -0.05) is 18.2 Å². The number of aromatic nitrogens is 2. The summed E-state index contributed by atoms with van der Waals surface area (Å²) in [6, 6.07) is 9.53. The van der Waals surface area contributed by atoms with Crippen molar-refractivity contribution in [3.05, 3.63) is 41.7 Å². The van der Waals surface area contributed by atoms with Crippen LogP contribution in [0.5, 0.6) is 5.75 Å². The second-order valence-electron chi connectivity index (χ2n) is 4.68. The normalized spacial score (nSPS) is 11.6. The molecule has 2 aromatic rings. The molecule has 0 unspecified atom stereocenters. The molecule has 1 aromatic heterocycles. The van der Waals surface area contributed by atoms with Crippen molar-refractivity contribution in [2.24, 2.45) is 0 Å². The van der Waals surface area contributed by atoms with E-state index in [1.807, 2.05) is 30.3 Å². The number of ether oxygens (including phenoxy) is 1.